The second-order valence-corrected chi connectivity index (χ2v) is 5.56. The van der Waals surface area contributed by atoms with Gasteiger partial charge in [-0.1, -0.05) is 0 Å². The summed E-state index contributed by atoms with van der Waals surface area (Å²) in [5, 5.41) is 3.27. The van der Waals surface area contributed by atoms with E-state index in [1.165, 1.54) is 0 Å². The standard InChI is InChI=1S/C17H20N4O2/c1-21(14-6-10-19-11-14)17(22)16-15(3-2-7-20-16)23-12-13-4-8-18-9-5-13/h2-5,7-9,14,19H,6,10-12H2,1H3/t14-/m0/s1. The molecule has 0 aliphatic carbocycles. The largest absolute Gasteiger partial charge is 0.486 e. The van der Waals surface area contributed by atoms with E-state index in [1.807, 2.05) is 19.2 Å². The Morgan fingerprint density at radius 1 is 1.35 bits per heavy atom. The Balaban J connectivity index is 1.73. The van der Waals surface area contributed by atoms with Crippen LogP contribution in [0.5, 0.6) is 5.75 Å². The minimum Gasteiger partial charge on any atom is -0.486 e. The molecule has 6 heteroatoms. The van der Waals surface area contributed by atoms with Gasteiger partial charge in [-0.25, -0.2) is 4.98 Å². The van der Waals surface area contributed by atoms with E-state index in [9.17, 15) is 4.79 Å². The number of carbonyl (C=O) groups excluding carboxylic acids is 1. The molecule has 23 heavy (non-hydrogen) atoms. The Morgan fingerprint density at radius 2 is 2.17 bits per heavy atom. The van der Waals surface area contributed by atoms with E-state index in [4.69, 9.17) is 4.74 Å². The van der Waals surface area contributed by atoms with Gasteiger partial charge in [-0.15, -0.1) is 0 Å². The summed E-state index contributed by atoms with van der Waals surface area (Å²) < 4.78 is 5.80. The molecular weight excluding hydrogens is 292 g/mol. The first kappa shape index (κ1) is 15.4. The van der Waals surface area contributed by atoms with E-state index in [0.29, 0.717) is 18.1 Å². The smallest absolute Gasteiger partial charge is 0.276 e. The molecule has 6 nitrogen and oxygen atoms in total. The SMILES string of the molecule is CN(C(=O)c1ncccc1OCc1ccncc1)[C@H]1CCNC1. The summed E-state index contributed by atoms with van der Waals surface area (Å²) in [5.41, 5.74) is 1.35. The molecule has 120 valence electrons. The van der Waals surface area contributed by atoms with Crippen molar-refractivity contribution in [3.63, 3.8) is 0 Å². The summed E-state index contributed by atoms with van der Waals surface area (Å²) in [5.74, 6) is 0.399. The van der Waals surface area contributed by atoms with E-state index in [-0.39, 0.29) is 11.9 Å². The molecule has 1 aliphatic rings. The number of pyridine rings is 2. The Morgan fingerprint density at radius 3 is 2.91 bits per heavy atom. The van der Waals surface area contributed by atoms with Crippen molar-refractivity contribution in [3.05, 3.63) is 54.1 Å². The highest BCUT2D eigenvalue weighted by atomic mass is 16.5. The molecule has 1 amide bonds. The molecule has 3 rings (SSSR count). The van der Waals surface area contributed by atoms with Gasteiger partial charge in [0.15, 0.2) is 11.4 Å². The third-order valence-electron chi connectivity index (χ3n) is 4.02. The van der Waals surface area contributed by atoms with Gasteiger partial charge in [-0.2, -0.15) is 0 Å². The third-order valence-corrected chi connectivity index (χ3v) is 4.02. The average molecular weight is 312 g/mol. The molecule has 2 aromatic rings. The number of rotatable bonds is 5. The van der Waals surface area contributed by atoms with Crippen LogP contribution >= 0.6 is 0 Å². The Bertz CT molecular complexity index is 657. The fraction of sp³-hybridized carbons (Fsp3) is 0.353. The van der Waals surface area contributed by atoms with Crippen LogP contribution in [0.3, 0.4) is 0 Å². The summed E-state index contributed by atoms with van der Waals surface area (Å²) in [4.78, 5) is 22.7. The van der Waals surface area contributed by atoms with Crippen molar-refractivity contribution in [2.75, 3.05) is 20.1 Å². The van der Waals surface area contributed by atoms with Gasteiger partial charge < -0.3 is 15.0 Å². The molecule has 1 aliphatic heterocycles. The lowest BCUT2D eigenvalue weighted by Gasteiger charge is -2.24. The molecule has 0 radical (unpaired) electrons. The molecule has 0 spiro atoms. The highest BCUT2D eigenvalue weighted by molar-refractivity contribution is 5.95. The molecule has 3 heterocycles. The van der Waals surface area contributed by atoms with Gasteiger partial charge in [0.25, 0.3) is 5.91 Å². The topological polar surface area (TPSA) is 67.4 Å². The number of amides is 1. The zero-order valence-electron chi connectivity index (χ0n) is 13.1. The van der Waals surface area contributed by atoms with Crippen LogP contribution in [0.2, 0.25) is 0 Å². The average Bonchev–Trinajstić information content (AvgIpc) is 3.14. The number of likely N-dealkylation sites (N-methyl/N-ethyl adjacent to an activating group) is 1. The van der Waals surface area contributed by atoms with Crippen molar-refractivity contribution in [2.45, 2.75) is 19.1 Å². The molecule has 0 aromatic carbocycles. The first-order valence-corrected chi connectivity index (χ1v) is 7.70. The maximum absolute atomic E-state index is 12.7. The lowest BCUT2D eigenvalue weighted by Crippen LogP contribution is -2.38. The maximum atomic E-state index is 12.7. The number of hydrogen-bond acceptors (Lipinski definition) is 5. The highest BCUT2D eigenvalue weighted by Gasteiger charge is 2.26. The van der Waals surface area contributed by atoms with E-state index in [0.717, 1.165) is 25.1 Å². The van der Waals surface area contributed by atoms with Crippen LogP contribution in [-0.2, 0) is 6.61 Å². The fourth-order valence-electron chi connectivity index (χ4n) is 2.61. The summed E-state index contributed by atoms with van der Waals surface area (Å²) in [7, 11) is 1.82. The summed E-state index contributed by atoms with van der Waals surface area (Å²) >= 11 is 0. The van der Waals surface area contributed by atoms with E-state index >= 15 is 0 Å². The molecule has 0 bridgehead atoms. The van der Waals surface area contributed by atoms with Gasteiger partial charge in [-0.05, 0) is 42.8 Å². The van der Waals surface area contributed by atoms with Crippen LogP contribution in [0.25, 0.3) is 0 Å². The number of nitrogens with one attached hydrogen (secondary N) is 1. The first-order valence-electron chi connectivity index (χ1n) is 7.70. The predicted octanol–water partition coefficient (Wildman–Crippen LogP) is 1.49. The van der Waals surface area contributed by atoms with Crippen molar-refractivity contribution in [1.29, 1.82) is 0 Å². The molecule has 1 atom stereocenters. The lowest BCUT2D eigenvalue weighted by atomic mass is 10.2. The Kier molecular flexibility index (Phi) is 4.83. The number of ether oxygens (including phenoxy) is 1. The van der Waals surface area contributed by atoms with Crippen LogP contribution in [0.1, 0.15) is 22.5 Å². The second kappa shape index (κ2) is 7.19. The number of aromatic nitrogens is 2. The van der Waals surface area contributed by atoms with Crippen LogP contribution < -0.4 is 10.1 Å². The lowest BCUT2D eigenvalue weighted by molar-refractivity contribution is 0.0732. The molecular formula is C17H20N4O2. The molecule has 2 aromatic heterocycles. The predicted molar refractivity (Wildman–Crippen MR) is 86.2 cm³/mol. The van der Waals surface area contributed by atoms with Gasteiger partial charge in [0, 0.05) is 38.2 Å². The minimum atomic E-state index is -0.107. The van der Waals surface area contributed by atoms with Gasteiger partial charge in [0.2, 0.25) is 0 Å². The maximum Gasteiger partial charge on any atom is 0.276 e. The summed E-state index contributed by atoms with van der Waals surface area (Å²) in [6.45, 7) is 2.14. The summed E-state index contributed by atoms with van der Waals surface area (Å²) in [6, 6.07) is 7.53. The van der Waals surface area contributed by atoms with Gasteiger partial charge in [-0.3, -0.25) is 9.78 Å². The van der Waals surface area contributed by atoms with Crippen LogP contribution in [-0.4, -0.2) is 47.0 Å². The molecule has 0 saturated carbocycles. The number of nitrogens with zero attached hydrogens (tertiary/aromatic N) is 3. The molecule has 1 N–H and O–H groups in total. The number of carbonyl (C=O) groups is 1. The third kappa shape index (κ3) is 3.65. The van der Waals surface area contributed by atoms with E-state index < -0.39 is 0 Å². The molecule has 1 saturated heterocycles. The van der Waals surface area contributed by atoms with Crippen molar-refractivity contribution in [2.24, 2.45) is 0 Å². The fourth-order valence-corrected chi connectivity index (χ4v) is 2.61. The van der Waals surface area contributed by atoms with Crippen molar-refractivity contribution in [1.82, 2.24) is 20.2 Å². The van der Waals surface area contributed by atoms with Crippen LogP contribution in [0.15, 0.2) is 42.9 Å². The number of hydrogen-bond donors (Lipinski definition) is 1. The second-order valence-electron chi connectivity index (χ2n) is 5.56. The van der Waals surface area contributed by atoms with Gasteiger partial charge >= 0.3 is 0 Å². The van der Waals surface area contributed by atoms with Crippen LogP contribution in [0.4, 0.5) is 0 Å². The quantitative estimate of drug-likeness (QED) is 0.906. The monoisotopic (exact) mass is 312 g/mol. The van der Waals surface area contributed by atoms with Crippen LogP contribution in [0, 0.1) is 0 Å². The van der Waals surface area contributed by atoms with E-state index in [2.05, 4.69) is 15.3 Å². The van der Waals surface area contributed by atoms with E-state index in [1.54, 1.807) is 35.6 Å². The van der Waals surface area contributed by atoms with Crippen molar-refractivity contribution < 1.29 is 9.53 Å². The Labute approximate surface area is 135 Å². The molecule has 0 unspecified atom stereocenters. The van der Waals surface area contributed by atoms with Crippen molar-refractivity contribution in [3.8, 4) is 5.75 Å². The zero-order valence-corrected chi connectivity index (χ0v) is 13.1. The van der Waals surface area contributed by atoms with Gasteiger partial charge in [0.05, 0.1) is 0 Å². The zero-order chi connectivity index (χ0) is 16.1. The first-order chi connectivity index (χ1) is 11.3. The summed E-state index contributed by atoms with van der Waals surface area (Å²) in [6.07, 6.45) is 6.01. The van der Waals surface area contributed by atoms with Crippen molar-refractivity contribution >= 4 is 5.91 Å². The minimum absolute atomic E-state index is 0.107. The van der Waals surface area contributed by atoms with Gasteiger partial charge in [0.1, 0.15) is 6.61 Å². The molecule has 1 fully saturated rings. The Hall–Kier alpha value is -2.47. The highest BCUT2D eigenvalue weighted by Crippen LogP contribution is 2.20. The normalized spacial score (nSPS) is 17.0.